The molecule has 392 valence electrons. The lowest BCUT2D eigenvalue weighted by Crippen LogP contribution is -1.86. The molecule has 0 saturated carbocycles. The van der Waals surface area contributed by atoms with Gasteiger partial charge in [-0.3, -0.25) is 0 Å². The predicted octanol–water partition coefficient (Wildman–Crippen LogP) is 23.5. The summed E-state index contributed by atoms with van der Waals surface area (Å²) in [5, 5.41) is 10.4. The van der Waals surface area contributed by atoms with Gasteiger partial charge in [-0.25, -0.2) is 0 Å². The van der Waals surface area contributed by atoms with Gasteiger partial charge in [-0.2, -0.15) is 0 Å². The van der Waals surface area contributed by atoms with Crippen molar-refractivity contribution in [3.63, 3.8) is 0 Å². The molecule has 0 aliphatic carbocycles. The van der Waals surface area contributed by atoms with E-state index in [0.717, 1.165) is 22.3 Å². The zero-order valence-electron chi connectivity index (χ0n) is 46.1. The molecule has 0 amide bonds. The van der Waals surface area contributed by atoms with Crippen LogP contribution in [-0.4, -0.2) is 0 Å². The van der Waals surface area contributed by atoms with Gasteiger partial charge in [-0.1, -0.05) is 212 Å². The zero-order chi connectivity index (χ0) is 55.2. The fourth-order valence-corrected chi connectivity index (χ4v) is 13.1. The Labute approximate surface area is 481 Å². The molecule has 16 rings (SSSR count). The molecule has 81 heavy (non-hydrogen) atoms. The van der Waals surface area contributed by atoms with Gasteiger partial charge in [0.05, 0.1) is 0 Å². The van der Waals surface area contributed by atoms with E-state index in [1.165, 1.54) is 123 Å². The minimum absolute atomic E-state index is 0.966. The minimum atomic E-state index is 0.966. The molecule has 4 heterocycles. The number of para-hydroxylation sites is 2. The van der Waals surface area contributed by atoms with E-state index in [1.807, 2.05) is 71.2 Å². The molecule has 12 aromatic carbocycles. The highest BCUT2D eigenvalue weighted by atomic mass is 32.1. The van der Waals surface area contributed by atoms with Crippen molar-refractivity contribution in [1.82, 2.24) is 0 Å². The fourth-order valence-electron chi connectivity index (χ4n) is 10.7. The van der Waals surface area contributed by atoms with Crippen molar-refractivity contribution in [2.45, 2.75) is 34.6 Å². The Hall–Kier alpha value is -9.32. The summed E-state index contributed by atoms with van der Waals surface area (Å²) in [4.78, 5) is 0. The third kappa shape index (κ3) is 11.4. The number of benzene rings is 12. The lowest BCUT2D eigenvalue weighted by molar-refractivity contribution is 0.668. The van der Waals surface area contributed by atoms with Crippen LogP contribution in [0.25, 0.3) is 118 Å². The molecule has 0 aliphatic heterocycles. The molecule has 2 nitrogen and oxygen atoms in total. The maximum atomic E-state index is 5.73. The van der Waals surface area contributed by atoms with Crippen LogP contribution in [0.3, 0.4) is 0 Å². The summed E-state index contributed by atoms with van der Waals surface area (Å²) in [6.45, 7) is 10.6. The van der Waals surface area contributed by atoms with Crippen LogP contribution in [0.4, 0.5) is 0 Å². The standard InChI is InChI=1S/C25H20.2C13H10O.2C13H10S/c1-19-12-14-22(15-13-19)25-17-23(20-8-4-2-5-9-20)16-24(18-25)21-10-6-3-7-11-21;1-9-5-4-8-12-13(9)10-6-2-3-7-11(10)14-12;1-9-6-7-11-10-4-2-3-5-12(10)14-13(11)8-9;1-9-5-4-8-12-13(9)10-6-2-3-7-11(10)14-12;1-9-6-7-11-10-4-2-3-5-12(10)14-13(11)8-9/h2-18H,1H3;4*2-8H,1H3. The molecule has 0 fully saturated rings. The molecule has 4 heteroatoms. The van der Waals surface area contributed by atoms with Crippen LogP contribution in [-0.2, 0) is 0 Å². The first-order valence-electron chi connectivity index (χ1n) is 27.5. The van der Waals surface area contributed by atoms with Crippen LogP contribution < -0.4 is 0 Å². The van der Waals surface area contributed by atoms with E-state index >= 15 is 0 Å². The summed E-state index contributed by atoms with van der Waals surface area (Å²) in [7, 11) is 0. The Bertz CT molecular complexity index is 4520. The molecule has 16 aromatic rings. The molecule has 0 aliphatic rings. The van der Waals surface area contributed by atoms with Gasteiger partial charge in [0.2, 0.25) is 0 Å². The van der Waals surface area contributed by atoms with Crippen LogP contribution in [0.2, 0.25) is 0 Å². The lowest BCUT2D eigenvalue weighted by Gasteiger charge is -2.11. The van der Waals surface area contributed by atoms with Gasteiger partial charge in [-0.15, -0.1) is 22.7 Å². The average molecular weight is 1080 g/mol. The topological polar surface area (TPSA) is 26.3 Å². The first kappa shape index (κ1) is 52.4. The Balaban J connectivity index is 0.000000103. The number of furan rings is 2. The molecule has 4 aromatic heterocycles. The van der Waals surface area contributed by atoms with Crippen molar-refractivity contribution < 1.29 is 8.83 Å². The van der Waals surface area contributed by atoms with Crippen molar-refractivity contribution in [1.29, 1.82) is 0 Å². The normalized spacial score (nSPS) is 11.0. The summed E-state index contributed by atoms with van der Waals surface area (Å²) in [5.74, 6) is 0. The first-order chi connectivity index (χ1) is 39.7. The summed E-state index contributed by atoms with van der Waals surface area (Å²) in [6, 6.07) is 95.9. The molecule has 0 spiro atoms. The number of aryl methyl sites for hydroxylation is 5. The molecule has 0 saturated heterocycles. The van der Waals surface area contributed by atoms with Crippen molar-refractivity contribution in [3.05, 3.63) is 301 Å². The van der Waals surface area contributed by atoms with E-state index in [-0.39, 0.29) is 0 Å². The maximum absolute atomic E-state index is 5.73. The maximum Gasteiger partial charge on any atom is 0.135 e. The summed E-state index contributed by atoms with van der Waals surface area (Å²) in [6.07, 6.45) is 0. The van der Waals surface area contributed by atoms with Crippen LogP contribution in [0.15, 0.2) is 282 Å². The number of hydrogen-bond acceptors (Lipinski definition) is 4. The van der Waals surface area contributed by atoms with Crippen LogP contribution in [0.1, 0.15) is 27.8 Å². The molecule has 0 atom stereocenters. The van der Waals surface area contributed by atoms with E-state index in [9.17, 15) is 0 Å². The molecule has 0 N–H and O–H groups in total. The van der Waals surface area contributed by atoms with Crippen molar-refractivity contribution >= 4 is 107 Å². The minimum Gasteiger partial charge on any atom is -0.456 e. The zero-order valence-corrected chi connectivity index (χ0v) is 47.7. The number of thiophene rings is 2. The Kier molecular flexibility index (Phi) is 15.2. The number of hydrogen-bond donors (Lipinski definition) is 0. The Morgan fingerprint density at radius 2 is 0.630 bits per heavy atom. The molecular formula is C77H60O2S2. The largest absolute Gasteiger partial charge is 0.456 e. The predicted molar refractivity (Wildman–Crippen MR) is 353 cm³/mol. The van der Waals surface area contributed by atoms with Gasteiger partial charge < -0.3 is 8.83 Å². The summed E-state index contributed by atoms with van der Waals surface area (Å²) >= 11 is 3.75. The highest BCUT2D eigenvalue weighted by molar-refractivity contribution is 7.26. The lowest BCUT2D eigenvalue weighted by atomic mass is 9.93. The van der Waals surface area contributed by atoms with Gasteiger partial charge in [0, 0.05) is 61.9 Å². The van der Waals surface area contributed by atoms with Crippen molar-refractivity contribution in [2.24, 2.45) is 0 Å². The van der Waals surface area contributed by atoms with Crippen molar-refractivity contribution in [3.8, 4) is 33.4 Å². The second-order valence-electron chi connectivity index (χ2n) is 20.7. The monoisotopic (exact) mass is 1080 g/mol. The second kappa shape index (κ2) is 23.6. The van der Waals surface area contributed by atoms with E-state index in [0.29, 0.717) is 0 Å². The van der Waals surface area contributed by atoms with Gasteiger partial charge in [0.1, 0.15) is 22.3 Å². The van der Waals surface area contributed by atoms with Crippen LogP contribution in [0, 0.1) is 34.6 Å². The van der Waals surface area contributed by atoms with E-state index in [4.69, 9.17) is 8.83 Å². The summed E-state index contributed by atoms with van der Waals surface area (Å²) in [5.41, 5.74) is 17.9. The highest BCUT2D eigenvalue weighted by Gasteiger charge is 2.11. The highest BCUT2D eigenvalue weighted by Crippen LogP contribution is 2.38. The second-order valence-corrected chi connectivity index (χ2v) is 22.9. The fraction of sp³-hybridized carbons (Fsp3) is 0.0649. The average Bonchev–Trinajstić information content (AvgIpc) is 4.39. The third-order valence-electron chi connectivity index (χ3n) is 14.8. The van der Waals surface area contributed by atoms with E-state index in [1.54, 1.807) is 0 Å². The number of rotatable bonds is 3. The quantitative estimate of drug-likeness (QED) is 0.176. The van der Waals surface area contributed by atoms with Gasteiger partial charge >= 0.3 is 0 Å². The SMILES string of the molecule is Cc1ccc(-c2cc(-c3ccccc3)cc(-c3ccccc3)c2)cc1.Cc1ccc2c(c1)oc1ccccc12.Cc1ccc2c(c1)sc1ccccc12.Cc1cccc2oc3ccccc3c12.Cc1cccc2sc3ccccc3c12. The van der Waals surface area contributed by atoms with E-state index < -0.39 is 0 Å². The van der Waals surface area contributed by atoms with Crippen LogP contribution >= 0.6 is 22.7 Å². The van der Waals surface area contributed by atoms with Gasteiger partial charge in [0.25, 0.3) is 0 Å². The van der Waals surface area contributed by atoms with Crippen LogP contribution in [0.5, 0.6) is 0 Å². The molecular weight excluding hydrogens is 1020 g/mol. The smallest absolute Gasteiger partial charge is 0.135 e. The van der Waals surface area contributed by atoms with E-state index in [2.05, 4.69) is 259 Å². The Morgan fingerprint density at radius 3 is 1.28 bits per heavy atom. The van der Waals surface area contributed by atoms with Gasteiger partial charge in [0.15, 0.2) is 0 Å². The van der Waals surface area contributed by atoms with Crippen molar-refractivity contribution in [2.75, 3.05) is 0 Å². The third-order valence-corrected chi connectivity index (χ3v) is 17.1. The summed E-state index contributed by atoms with van der Waals surface area (Å²) < 4.78 is 17.0. The Morgan fingerprint density at radius 1 is 0.222 bits per heavy atom. The molecule has 0 bridgehead atoms. The molecule has 0 unspecified atom stereocenters. The first-order valence-corrected chi connectivity index (χ1v) is 29.2. The molecule has 0 radical (unpaired) electrons. The van der Waals surface area contributed by atoms with Gasteiger partial charge in [-0.05, 0) is 157 Å². The number of fused-ring (bicyclic) bond motifs is 12.